The van der Waals surface area contributed by atoms with Gasteiger partial charge in [-0.05, 0) is 38.1 Å². The number of carbonyl (C=O) groups excluding carboxylic acids is 2. The van der Waals surface area contributed by atoms with E-state index in [0.29, 0.717) is 49.1 Å². The summed E-state index contributed by atoms with van der Waals surface area (Å²) < 4.78 is 18.4. The normalized spacial score (nSPS) is 12.9. The predicted octanol–water partition coefficient (Wildman–Crippen LogP) is 4.90. The molecule has 0 unspecified atom stereocenters. The maximum Gasteiger partial charge on any atom is 0.343 e. The minimum Gasteiger partial charge on any atom is -0.494 e. The minimum atomic E-state index is -0.573. The fourth-order valence-electron chi connectivity index (χ4n) is 4.77. The first-order valence-corrected chi connectivity index (χ1v) is 14.4. The molecule has 0 atom stereocenters. The summed E-state index contributed by atoms with van der Waals surface area (Å²) in [6.45, 7) is 9.56. The summed E-state index contributed by atoms with van der Waals surface area (Å²) in [5.74, 6) is -0.0351. The third-order valence-electron chi connectivity index (χ3n) is 6.88. The molecule has 1 aliphatic heterocycles. The second kappa shape index (κ2) is 13.9. The van der Waals surface area contributed by atoms with E-state index >= 15 is 0 Å². The van der Waals surface area contributed by atoms with E-state index in [9.17, 15) is 9.59 Å². The number of carbonyl (C=O) groups is 2. The number of methoxy groups -OCH3 is 1. The van der Waals surface area contributed by atoms with E-state index in [2.05, 4.69) is 42.5 Å². The van der Waals surface area contributed by atoms with Crippen LogP contribution in [-0.2, 0) is 21.3 Å². The molecular weight excluding hydrogens is 576 g/mol. The molecule has 45 heavy (non-hydrogen) atoms. The Kier molecular flexibility index (Phi) is 9.58. The van der Waals surface area contributed by atoms with E-state index < -0.39 is 5.97 Å². The summed E-state index contributed by atoms with van der Waals surface area (Å²) in [4.78, 5) is 36.7. The molecular formula is C32H36N8O5. The number of morpholine rings is 1. The van der Waals surface area contributed by atoms with Crippen molar-refractivity contribution in [3.05, 3.63) is 73.1 Å². The summed E-state index contributed by atoms with van der Waals surface area (Å²) in [7, 11) is 3.40. The molecule has 3 heterocycles. The van der Waals surface area contributed by atoms with Crippen LogP contribution in [0.1, 0.15) is 24.2 Å². The van der Waals surface area contributed by atoms with Gasteiger partial charge in [-0.2, -0.15) is 10.1 Å². The summed E-state index contributed by atoms with van der Waals surface area (Å²) in [6, 6.07) is 13.1. The van der Waals surface area contributed by atoms with Crippen LogP contribution in [0.25, 0.3) is 11.3 Å². The molecule has 1 amide bonds. The second-order valence-electron chi connectivity index (χ2n) is 10.4. The fourth-order valence-corrected chi connectivity index (χ4v) is 4.77. The number of hydrogen-bond donors (Lipinski definition) is 3. The first-order valence-electron chi connectivity index (χ1n) is 14.4. The summed E-state index contributed by atoms with van der Waals surface area (Å²) in [6.07, 6.45) is 4.12. The van der Waals surface area contributed by atoms with Gasteiger partial charge in [0.25, 0.3) is 0 Å². The summed E-state index contributed by atoms with van der Waals surface area (Å²) >= 11 is 0. The Morgan fingerprint density at radius 2 is 1.84 bits per heavy atom. The Balaban J connectivity index is 1.54. The van der Waals surface area contributed by atoms with Crippen molar-refractivity contribution in [1.29, 1.82) is 0 Å². The number of anilines is 6. The zero-order valence-corrected chi connectivity index (χ0v) is 25.7. The van der Waals surface area contributed by atoms with Gasteiger partial charge in [0.05, 0.1) is 49.2 Å². The van der Waals surface area contributed by atoms with Gasteiger partial charge in [-0.1, -0.05) is 24.8 Å². The molecule has 1 aliphatic rings. The number of para-hydroxylation sites is 1. The molecule has 0 bridgehead atoms. The zero-order valence-electron chi connectivity index (χ0n) is 25.7. The quantitative estimate of drug-likeness (QED) is 0.157. The zero-order chi connectivity index (χ0) is 31.9. The van der Waals surface area contributed by atoms with Crippen LogP contribution in [0.5, 0.6) is 5.75 Å². The Bertz CT molecular complexity index is 1700. The van der Waals surface area contributed by atoms with E-state index in [1.807, 2.05) is 49.6 Å². The van der Waals surface area contributed by atoms with Crippen LogP contribution in [0.4, 0.5) is 34.5 Å². The van der Waals surface area contributed by atoms with Gasteiger partial charge in [-0.15, -0.1) is 0 Å². The molecule has 2 aromatic carbocycles. The largest absolute Gasteiger partial charge is 0.494 e. The number of aryl methyl sites for hydroxylation is 1. The van der Waals surface area contributed by atoms with Gasteiger partial charge in [0.1, 0.15) is 11.3 Å². The number of hydrogen-bond acceptors (Lipinski definition) is 11. The molecule has 2 aromatic heterocycles. The summed E-state index contributed by atoms with van der Waals surface area (Å²) in [5, 5.41) is 13.9. The van der Waals surface area contributed by atoms with Gasteiger partial charge in [-0.25, -0.2) is 9.78 Å². The molecule has 0 saturated carbocycles. The van der Waals surface area contributed by atoms with Gasteiger partial charge >= 0.3 is 5.97 Å². The molecule has 0 radical (unpaired) electrons. The highest BCUT2D eigenvalue weighted by atomic mass is 16.5. The lowest BCUT2D eigenvalue weighted by Gasteiger charge is -2.31. The van der Waals surface area contributed by atoms with Crippen molar-refractivity contribution in [1.82, 2.24) is 19.7 Å². The Morgan fingerprint density at radius 1 is 1.07 bits per heavy atom. The number of rotatable bonds is 11. The van der Waals surface area contributed by atoms with E-state index in [4.69, 9.17) is 14.2 Å². The lowest BCUT2D eigenvalue weighted by Crippen LogP contribution is -2.36. The van der Waals surface area contributed by atoms with E-state index in [1.54, 1.807) is 31.7 Å². The van der Waals surface area contributed by atoms with Crippen molar-refractivity contribution in [2.24, 2.45) is 7.05 Å². The van der Waals surface area contributed by atoms with Crippen LogP contribution >= 0.6 is 0 Å². The van der Waals surface area contributed by atoms with E-state index in [0.717, 1.165) is 16.9 Å². The molecule has 13 heteroatoms. The molecule has 0 spiro atoms. The van der Waals surface area contributed by atoms with Gasteiger partial charge in [0.15, 0.2) is 5.82 Å². The number of ether oxygens (including phenoxy) is 3. The van der Waals surface area contributed by atoms with Crippen LogP contribution in [0.2, 0.25) is 0 Å². The van der Waals surface area contributed by atoms with Crippen molar-refractivity contribution in [3.8, 4) is 17.0 Å². The van der Waals surface area contributed by atoms with Crippen LogP contribution in [-0.4, -0.2) is 71.1 Å². The monoisotopic (exact) mass is 612 g/mol. The van der Waals surface area contributed by atoms with Gasteiger partial charge in [0.2, 0.25) is 11.9 Å². The Hall–Kier alpha value is -5.43. The van der Waals surface area contributed by atoms with Gasteiger partial charge < -0.3 is 35.1 Å². The molecule has 1 saturated heterocycles. The maximum absolute atomic E-state index is 13.1. The van der Waals surface area contributed by atoms with E-state index in [-0.39, 0.29) is 29.3 Å². The highest BCUT2D eigenvalue weighted by molar-refractivity contribution is 6.02. The van der Waals surface area contributed by atoms with Crippen LogP contribution < -0.4 is 25.6 Å². The third-order valence-corrected chi connectivity index (χ3v) is 6.88. The molecule has 0 aliphatic carbocycles. The first kappa shape index (κ1) is 31.0. The number of esters is 1. The fraction of sp³-hybridized carbons (Fsp3) is 0.281. The molecule has 5 rings (SSSR count). The van der Waals surface area contributed by atoms with Crippen LogP contribution in [0.15, 0.2) is 67.5 Å². The molecule has 3 N–H and O–H groups in total. The van der Waals surface area contributed by atoms with Gasteiger partial charge in [0, 0.05) is 49.8 Å². The van der Waals surface area contributed by atoms with Crippen molar-refractivity contribution in [3.63, 3.8) is 0 Å². The smallest absolute Gasteiger partial charge is 0.343 e. The van der Waals surface area contributed by atoms with Crippen LogP contribution in [0.3, 0.4) is 0 Å². The van der Waals surface area contributed by atoms with Crippen molar-refractivity contribution in [2.45, 2.75) is 20.0 Å². The average molecular weight is 613 g/mol. The lowest BCUT2D eigenvalue weighted by molar-refractivity contribution is -0.111. The minimum absolute atomic E-state index is 0.152. The second-order valence-corrected chi connectivity index (χ2v) is 10.4. The number of aromatic nitrogens is 4. The first-order chi connectivity index (χ1) is 21.7. The van der Waals surface area contributed by atoms with Crippen molar-refractivity contribution >= 4 is 46.4 Å². The molecule has 13 nitrogen and oxygen atoms in total. The van der Waals surface area contributed by atoms with Crippen LogP contribution in [0, 0.1) is 0 Å². The number of amides is 1. The molecule has 1 fully saturated rings. The predicted molar refractivity (Wildman–Crippen MR) is 173 cm³/mol. The summed E-state index contributed by atoms with van der Waals surface area (Å²) in [5.41, 5.74) is 4.21. The maximum atomic E-state index is 13.1. The number of nitrogens with zero attached hydrogens (tertiary/aromatic N) is 5. The molecule has 4 aromatic rings. The third kappa shape index (κ3) is 7.39. The SMILES string of the molecule is C=CC(=O)Nc1cc(Nc2ncc(C(=O)OC(C)C)c(Nc3ccccc3-c3ccn(C)n3)n2)c(OC)cc1N1CCOCC1. The van der Waals surface area contributed by atoms with Crippen molar-refractivity contribution < 1.29 is 23.8 Å². The van der Waals surface area contributed by atoms with E-state index in [1.165, 1.54) is 12.3 Å². The highest BCUT2D eigenvalue weighted by Gasteiger charge is 2.22. The average Bonchev–Trinajstić information content (AvgIpc) is 3.47. The molecule has 234 valence electrons. The Morgan fingerprint density at radius 3 is 2.53 bits per heavy atom. The standard InChI is InChI=1S/C32H36N8O5/c1-6-29(41)34-25-17-26(28(43-5)18-27(25)40-13-15-44-16-14-40)36-32-33-19-22(31(42)45-20(2)3)30(37-32)35-23-10-8-7-9-21(23)24-11-12-39(4)38-24/h6-12,17-20H,1,13-16H2,2-5H3,(H,34,41)(H2,33,35,36,37). The van der Waals surface area contributed by atoms with Crippen molar-refractivity contribution in [2.75, 3.05) is 54.3 Å². The number of benzene rings is 2. The topological polar surface area (TPSA) is 145 Å². The Labute approximate surface area is 261 Å². The number of nitrogens with one attached hydrogen (secondary N) is 3. The lowest BCUT2D eigenvalue weighted by atomic mass is 10.1. The highest BCUT2D eigenvalue weighted by Crippen LogP contribution is 2.39. The van der Waals surface area contributed by atoms with Gasteiger partial charge in [-0.3, -0.25) is 9.48 Å².